The van der Waals surface area contributed by atoms with Crippen LogP contribution in [-0.4, -0.2) is 46.1 Å². The zero-order chi connectivity index (χ0) is 23.6. The summed E-state index contributed by atoms with van der Waals surface area (Å²) in [5.74, 6) is -0.543. The number of aliphatic hydroxyl groups is 2. The molecule has 6 heteroatoms. The first-order valence-corrected chi connectivity index (χ1v) is 12.2. The molecule has 0 saturated heterocycles. The highest BCUT2D eigenvalue weighted by Crippen LogP contribution is 2.68. The maximum atomic E-state index is 13.2. The van der Waals surface area contributed by atoms with Gasteiger partial charge in [-0.3, -0.25) is 14.4 Å². The lowest BCUT2D eigenvalue weighted by Gasteiger charge is -2.61. The molecule has 0 spiro atoms. The third-order valence-corrected chi connectivity index (χ3v) is 9.64. The average Bonchev–Trinajstić information content (AvgIpc) is 2.98. The predicted octanol–water partition coefficient (Wildman–Crippen LogP) is 3.23. The number of allylic oxidation sites excluding steroid dienone is 1. The maximum absolute atomic E-state index is 13.2. The fraction of sp³-hybridized carbons (Fsp3) is 0.808. The van der Waals surface area contributed by atoms with Crippen LogP contribution in [0.4, 0.5) is 0 Å². The number of fused-ring (bicyclic) bond motifs is 5. The third-order valence-electron chi connectivity index (χ3n) is 9.64. The zero-order valence-electron chi connectivity index (χ0n) is 20.0. The number of carbonyl (C=O) groups is 3. The third kappa shape index (κ3) is 3.24. The second kappa shape index (κ2) is 7.76. The van der Waals surface area contributed by atoms with Crippen LogP contribution in [0.25, 0.3) is 0 Å². The van der Waals surface area contributed by atoms with E-state index < -0.39 is 35.5 Å². The van der Waals surface area contributed by atoms with Gasteiger partial charge in [-0.15, -0.1) is 0 Å². The van der Waals surface area contributed by atoms with Gasteiger partial charge < -0.3 is 14.9 Å². The highest BCUT2D eigenvalue weighted by molar-refractivity contribution is 5.92. The van der Waals surface area contributed by atoms with E-state index in [0.717, 1.165) is 12.8 Å². The van der Waals surface area contributed by atoms with E-state index in [-0.39, 0.29) is 40.8 Å². The smallest absolute Gasteiger partial charge is 0.308 e. The van der Waals surface area contributed by atoms with Crippen LogP contribution in [0.2, 0.25) is 0 Å². The molecule has 3 saturated carbocycles. The van der Waals surface area contributed by atoms with E-state index in [1.165, 1.54) is 5.57 Å². The Balaban J connectivity index is 1.63. The van der Waals surface area contributed by atoms with Crippen LogP contribution in [-0.2, 0) is 19.1 Å². The minimum absolute atomic E-state index is 0.0207. The molecule has 32 heavy (non-hydrogen) atoms. The summed E-state index contributed by atoms with van der Waals surface area (Å²) in [7, 11) is 0. The molecule has 4 aliphatic rings. The SMILES string of the molecule is CC(C)C(=O)OCC(=O)[C@@]1(O)CC[C@H]2[C@@H]3C[C@H](C)C4=CC(=O)CC[C@]4(C)[C@H]3[C@@H](O)C[C@@]21C. The maximum Gasteiger partial charge on any atom is 0.308 e. The average molecular weight is 447 g/mol. The normalized spacial score (nSPS) is 45.6. The number of carbonyl (C=O) groups excluding carboxylic acids is 3. The number of hydrogen-bond acceptors (Lipinski definition) is 6. The van der Waals surface area contributed by atoms with Crippen molar-refractivity contribution in [3.8, 4) is 0 Å². The first-order chi connectivity index (χ1) is 14.8. The van der Waals surface area contributed by atoms with Gasteiger partial charge in [0.15, 0.2) is 12.4 Å². The molecular weight excluding hydrogens is 408 g/mol. The second-order valence-corrected chi connectivity index (χ2v) is 11.7. The Morgan fingerprint density at radius 1 is 1.25 bits per heavy atom. The number of ketones is 2. The Morgan fingerprint density at radius 3 is 2.59 bits per heavy atom. The molecule has 2 N–H and O–H groups in total. The summed E-state index contributed by atoms with van der Waals surface area (Å²) in [6, 6.07) is 0. The van der Waals surface area contributed by atoms with Crippen molar-refractivity contribution >= 4 is 17.5 Å². The van der Waals surface area contributed by atoms with E-state index in [2.05, 4.69) is 13.8 Å². The molecule has 0 heterocycles. The fourth-order valence-electron chi connectivity index (χ4n) is 8.00. The molecule has 0 bridgehead atoms. The molecule has 0 amide bonds. The number of ether oxygens (including phenoxy) is 1. The summed E-state index contributed by atoms with van der Waals surface area (Å²) in [5, 5.41) is 23.1. The molecule has 4 aliphatic carbocycles. The summed E-state index contributed by atoms with van der Waals surface area (Å²) in [6.45, 7) is 9.28. The summed E-state index contributed by atoms with van der Waals surface area (Å²) in [5.41, 5.74) is -1.43. The largest absolute Gasteiger partial charge is 0.457 e. The molecule has 8 atom stereocenters. The number of Topliss-reactive ketones (excluding diaryl/α,β-unsaturated/α-hetero) is 1. The summed E-state index contributed by atoms with van der Waals surface area (Å²) < 4.78 is 5.16. The van der Waals surface area contributed by atoms with Gasteiger partial charge >= 0.3 is 5.97 Å². The van der Waals surface area contributed by atoms with Crippen molar-refractivity contribution in [3.05, 3.63) is 11.6 Å². The lowest BCUT2D eigenvalue weighted by molar-refractivity contribution is -0.186. The monoisotopic (exact) mass is 446 g/mol. The summed E-state index contributed by atoms with van der Waals surface area (Å²) in [6.07, 6.45) is 4.65. The molecule has 3 fully saturated rings. The van der Waals surface area contributed by atoms with Crippen LogP contribution in [0, 0.1) is 40.4 Å². The van der Waals surface area contributed by atoms with Gasteiger partial charge in [-0.1, -0.05) is 40.2 Å². The lowest BCUT2D eigenvalue weighted by Crippen LogP contribution is -2.62. The Bertz CT molecular complexity index is 860. The Morgan fingerprint density at radius 2 is 1.94 bits per heavy atom. The van der Waals surface area contributed by atoms with Crippen molar-refractivity contribution in [1.29, 1.82) is 0 Å². The van der Waals surface area contributed by atoms with E-state index in [9.17, 15) is 24.6 Å². The van der Waals surface area contributed by atoms with Gasteiger partial charge in [-0.2, -0.15) is 0 Å². The highest BCUT2D eigenvalue weighted by atomic mass is 16.5. The van der Waals surface area contributed by atoms with Gasteiger partial charge in [0.05, 0.1) is 12.0 Å². The second-order valence-electron chi connectivity index (χ2n) is 11.7. The standard InChI is InChI=1S/C26H38O6/c1-14(2)23(30)32-13-21(29)26(31)9-7-18-17-10-15(3)19-11-16(27)6-8-24(19,4)22(17)20(28)12-25(18,26)5/h11,14-15,17-18,20,22,28,31H,6-10,12-13H2,1-5H3/t15-,17-,18-,20-,22+,24-,25-,26-/m0/s1. The molecule has 0 unspecified atom stereocenters. The van der Waals surface area contributed by atoms with Crippen molar-refractivity contribution in [3.63, 3.8) is 0 Å². The van der Waals surface area contributed by atoms with Gasteiger partial charge in [0.1, 0.15) is 5.60 Å². The van der Waals surface area contributed by atoms with E-state index in [0.29, 0.717) is 25.7 Å². The molecule has 0 aromatic heterocycles. The topological polar surface area (TPSA) is 101 Å². The van der Waals surface area contributed by atoms with E-state index in [1.54, 1.807) is 13.8 Å². The Kier molecular flexibility index (Phi) is 5.73. The van der Waals surface area contributed by atoms with Gasteiger partial charge in [0, 0.05) is 11.8 Å². The number of aliphatic hydroxyl groups excluding tert-OH is 1. The van der Waals surface area contributed by atoms with Gasteiger partial charge in [0.2, 0.25) is 5.78 Å². The highest BCUT2D eigenvalue weighted by Gasteiger charge is 2.68. The molecule has 178 valence electrons. The van der Waals surface area contributed by atoms with Crippen LogP contribution >= 0.6 is 0 Å². The number of esters is 1. The summed E-state index contributed by atoms with van der Waals surface area (Å²) >= 11 is 0. The fourth-order valence-corrected chi connectivity index (χ4v) is 8.00. The van der Waals surface area contributed by atoms with Crippen molar-refractivity contribution < 1.29 is 29.3 Å². The van der Waals surface area contributed by atoms with Crippen molar-refractivity contribution in [2.45, 2.75) is 84.8 Å². The van der Waals surface area contributed by atoms with Crippen molar-refractivity contribution in [2.24, 2.45) is 40.4 Å². The quantitative estimate of drug-likeness (QED) is 0.643. The first kappa shape index (κ1) is 23.6. The molecule has 0 radical (unpaired) electrons. The van der Waals surface area contributed by atoms with E-state index >= 15 is 0 Å². The van der Waals surface area contributed by atoms with Gasteiger partial charge in [0.25, 0.3) is 0 Å². The van der Waals surface area contributed by atoms with Crippen LogP contribution in [0.3, 0.4) is 0 Å². The molecule has 0 aromatic carbocycles. The number of hydrogen-bond donors (Lipinski definition) is 2. The van der Waals surface area contributed by atoms with Crippen LogP contribution in [0.15, 0.2) is 11.6 Å². The molecule has 4 rings (SSSR count). The minimum Gasteiger partial charge on any atom is -0.457 e. The van der Waals surface area contributed by atoms with Crippen LogP contribution < -0.4 is 0 Å². The first-order valence-electron chi connectivity index (χ1n) is 12.2. The Labute approximate surface area is 190 Å². The molecular formula is C26H38O6. The van der Waals surface area contributed by atoms with Crippen LogP contribution in [0.5, 0.6) is 0 Å². The minimum atomic E-state index is -1.61. The zero-order valence-corrected chi connectivity index (χ0v) is 20.0. The van der Waals surface area contributed by atoms with Crippen LogP contribution in [0.1, 0.15) is 73.1 Å². The lowest BCUT2D eigenvalue weighted by atomic mass is 9.44. The summed E-state index contributed by atoms with van der Waals surface area (Å²) in [4.78, 5) is 37.2. The molecule has 0 aliphatic heterocycles. The van der Waals surface area contributed by atoms with Gasteiger partial charge in [-0.25, -0.2) is 0 Å². The van der Waals surface area contributed by atoms with E-state index in [1.807, 2.05) is 13.0 Å². The number of rotatable bonds is 4. The van der Waals surface area contributed by atoms with Gasteiger partial charge in [-0.05, 0) is 67.3 Å². The molecule has 6 nitrogen and oxygen atoms in total. The van der Waals surface area contributed by atoms with Crippen molar-refractivity contribution in [1.82, 2.24) is 0 Å². The van der Waals surface area contributed by atoms with E-state index in [4.69, 9.17) is 4.74 Å². The molecule has 0 aromatic rings. The van der Waals surface area contributed by atoms with Crippen molar-refractivity contribution in [2.75, 3.05) is 6.61 Å². The Hall–Kier alpha value is -1.53. The predicted molar refractivity (Wildman–Crippen MR) is 118 cm³/mol.